The topological polar surface area (TPSA) is 77.8 Å². The number of nitrogens with one attached hydrogen (secondary N) is 2. The molecule has 2 aliphatic rings. The summed E-state index contributed by atoms with van der Waals surface area (Å²) in [5.74, 6) is 1.67. The first-order chi connectivity index (χ1) is 10.3. The van der Waals surface area contributed by atoms with Crippen LogP contribution < -0.4 is 15.5 Å². The molecule has 21 heavy (non-hydrogen) atoms. The zero-order valence-electron chi connectivity index (χ0n) is 11.8. The number of carbonyl (C=O) groups is 1. The number of piperazine rings is 1. The number of fused-ring (bicyclic) bond motifs is 2. The van der Waals surface area contributed by atoms with E-state index in [2.05, 4.69) is 25.5 Å². The van der Waals surface area contributed by atoms with E-state index >= 15 is 0 Å². The van der Waals surface area contributed by atoms with Gasteiger partial charge in [0.2, 0.25) is 0 Å². The number of aromatic nitrogens is 3. The third kappa shape index (κ3) is 1.86. The normalized spacial score (nSPS) is 21.6. The lowest BCUT2D eigenvalue weighted by molar-refractivity contribution is 0.197. The first-order valence-electron chi connectivity index (χ1n) is 7.07. The molecule has 2 amide bonds. The van der Waals surface area contributed by atoms with Gasteiger partial charge in [0, 0.05) is 45.6 Å². The van der Waals surface area contributed by atoms with Crippen molar-refractivity contribution in [3.63, 3.8) is 0 Å². The summed E-state index contributed by atoms with van der Waals surface area (Å²) in [4.78, 5) is 24.9. The Labute approximate surface area is 121 Å². The maximum Gasteiger partial charge on any atom is 0.317 e. The molecule has 2 N–H and O–H groups in total. The minimum atomic E-state index is 0.0440. The van der Waals surface area contributed by atoms with Gasteiger partial charge in [-0.15, -0.1) is 0 Å². The van der Waals surface area contributed by atoms with Crippen LogP contribution in [-0.2, 0) is 0 Å². The maximum absolute atomic E-state index is 11.7. The zero-order valence-corrected chi connectivity index (χ0v) is 11.8. The van der Waals surface area contributed by atoms with Gasteiger partial charge in [-0.3, -0.25) is 0 Å². The fourth-order valence-corrected chi connectivity index (χ4v) is 3.04. The highest BCUT2D eigenvalue weighted by molar-refractivity contribution is 5.78. The Morgan fingerprint density at radius 3 is 3.19 bits per heavy atom. The van der Waals surface area contributed by atoms with Gasteiger partial charge in [0.25, 0.3) is 0 Å². The van der Waals surface area contributed by atoms with Crippen LogP contribution in [-0.4, -0.2) is 64.6 Å². The number of amides is 2. The molecular formula is C13H17N7O. The highest BCUT2D eigenvalue weighted by Gasteiger charge is 2.36. The SMILES string of the molecule is CNc1cn2ccnc2c(N2CCN3C(=O)NCC3C2)n1. The van der Waals surface area contributed by atoms with Crippen LogP contribution in [0.25, 0.3) is 5.65 Å². The number of urea groups is 1. The molecule has 1 atom stereocenters. The van der Waals surface area contributed by atoms with Gasteiger partial charge in [-0.1, -0.05) is 0 Å². The molecule has 0 saturated carbocycles. The van der Waals surface area contributed by atoms with Crippen LogP contribution in [0.1, 0.15) is 0 Å². The van der Waals surface area contributed by atoms with E-state index in [0.717, 1.165) is 36.9 Å². The molecule has 2 aromatic rings. The second kappa shape index (κ2) is 4.51. The standard InChI is InChI=1S/C13H17N7O/c1-14-10-8-18-3-2-15-11(18)12(17-10)19-4-5-20-9(7-19)6-16-13(20)21/h2-3,8-9,14H,4-7H2,1H3,(H,16,21). The third-order valence-electron chi connectivity index (χ3n) is 4.14. The summed E-state index contributed by atoms with van der Waals surface area (Å²) in [7, 11) is 1.85. The number of hydrogen-bond acceptors (Lipinski definition) is 5. The first-order valence-corrected chi connectivity index (χ1v) is 7.07. The van der Waals surface area contributed by atoms with Gasteiger partial charge in [-0.2, -0.15) is 0 Å². The van der Waals surface area contributed by atoms with Crippen molar-refractivity contribution < 1.29 is 4.79 Å². The summed E-state index contributed by atoms with van der Waals surface area (Å²) in [6, 6.07) is 0.254. The van der Waals surface area contributed by atoms with Crippen LogP contribution in [0.15, 0.2) is 18.6 Å². The summed E-state index contributed by atoms with van der Waals surface area (Å²) in [6.45, 7) is 2.97. The van der Waals surface area contributed by atoms with Crippen molar-refractivity contribution in [1.82, 2.24) is 24.6 Å². The number of rotatable bonds is 2. The molecule has 110 valence electrons. The number of imidazole rings is 1. The molecule has 0 spiro atoms. The minimum absolute atomic E-state index is 0.0440. The quantitative estimate of drug-likeness (QED) is 0.812. The molecule has 2 aliphatic heterocycles. The Bertz CT molecular complexity index is 697. The second-order valence-corrected chi connectivity index (χ2v) is 5.34. The van der Waals surface area contributed by atoms with Crippen molar-refractivity contribution in [2.45, 2.75) is 6.04 Å². The molecule has 4 rings (SSSR count). The molecule has 1 unspecified atom stereocenters. The summed E-state index contributed by atoms with van der Waals surface area (Å²) in [5.41, 5.74) is 0.847. The Kier molecular flexibility index (Phi) is 2.63. The highest BCUT2D eigenvalue weighted by atomic mass is 16.2. The van der Waals surface area contributed by atoms with E-state index in [1.165, 1.54) is 0 Å². The number of carbonyl (C=O) groups excluding carboxylic acids is 1. The summed E-state index contributed by atoms with van der Waals surface area (Å²) >= 11 is 0. The molecule has 8 heteroatoms. The number of nitrogens with zero attached hydrogens (tertiary/aromatic N) is 5. The van der Waals surface area contributed by atoms with Gasteiger partial charge in [-0.25, -0.2) is 14.8 Å². The zero-order chi connectivity index (χ0) is 14.4. The van der Waals surface area contributed by atoms with E-state index in [-0.39, 0.29) is 12.1 Å². The maximum atomic E-state index is 11.7. The fraction of sp³-hybridized carbons (Fsp3) is 0.462. The fourth-order valence-electron chi connectivity index (χ4n) is 3.04. The van der Waals surface area contributed by atoms with Crippen LogP contribution in [0.3, 0.4) is 0 Å². The van der Waals surface area contributed by atoms with Crippen molar-refractivity contribution in [2.75, 3.05) is 43.4 Å². The van der Waals surface area contributed by atoms with Gasteiger partial charge < -0.3 is 24.8 Å². The summed E-state index contributed by atoms with van der Waals surface area (Å²) in [6.07, 6.45) is 5.61. The smallest absolute Gasteiger partial charge is 0.317 e. The van der Waals surface area contributed by atoms with Crippen molar-refractivity contribution >= 4 is 23.3 Å². The minimum Gasteiger partial charge on any atom is -0.372 e. The lowest BCUT2D eigenvalue weighted by Crippen LogP contribution is -2.52. The van der Waals surface area contributed by atoms with E-state index in [1.807, 2.05) is 28.7 Å². The summed E-state index contributed by atoms with van der Waals surface area (Å²) < 4.78 is 1.97. The van der Waals surface area contributed by atoms with Crippen LogP contribution in [0, 0.1) is 0 Å². The molecule has 0 radical (unpaired) electrons. The average Bonchev–Trinajstić information content (AvgIpc) is 3.12. The highest BCUT2D eigenvalue weighted by Crippen LogP contribution is 2.24. The van der Waals surface area contributed by atoms with E-state index in [4.69, 9.17) is 0 Å². The number of hydrogen-bond donors (Lipinski definition) is 2. The molecule has 2 fully saturated rings. The van der Waals surface area contributed by atoms with Gasteiger partial charge in [-0.05, 0) is 0 Å². The van der Waals surface area contributed by atoms with Crippen LogP contribution in [0.2, 0.25) is 0 Å². The monoisotopic (exact) mass is 287 g/mol. The predicted molar refractivity (Wildman–Crippen MR) is 78.6 cm³/mol. The Morgan fingerprint density at radius 1 is 1.43 bits per heavy atom. The summed E-state index contributed by atoms with van der Waals surface area (Å²) in [5, 5.41) is 5.97. The van der Waals surface area contributed by atoms with Gasteiger partial charge in [0.05, 0.1) is 12.2 Å². The molecular weight excluding hydrogens is 270 g/mol. The Hall–Kier alpha value is -2.51. The van der Waals surface area contributed by atoms with Crippen molar-refractivity contribution in [3.8, 4) is 0 Å². The van der Waals surface area contributed by atoms with E-state index in [0.29, 0.717) is 6.54 Å². The van der Waals surface area contributed by atoms with Crippen LogP contribution >= 0.6 is 0 Å². The Morgan fingerprint density at radius 2 is 2.33 bits per heavy atom. The lowest BCUT2D eigenvalue weighted by Gasteiger charge is -2.37. The van der Waals surface area contributed by atoms with Crippen molar-refractivity contribution in [3.05, 3.63) is 18.6 Å². The predicted octanol–water partition coefficient (Wildman–Crippen LogP) is -0.0152. The van der Waals surface area contributed by atoms with E-state index in [1.54, 1.807) is 6.20 Å². The Balaban J connectivity index is 1.70. The average molecular weight is 287 g/mol. The second-order valence-electron chi connectivity index (χ2n) is 5.34. The first kappa shape index (κ1) is 12.2. The van der Waals surface area contributed by atoms with Gasteiger partial charge in [0.1, 0.15) is 5.82 Å². The largest absolute Gasteiger partial charge is 0.372 e. The van der Waals surface area contributed by atoms with Gasteiger partial charge in [0.15, 0.2) is 11.5 Å². The van der Waals surface area contributed by atoms with E-state index < -0.39 is 0 Å². The van der Waals surface area contributed by atoms with E-state index in [9.17, 15) is 4.79 Å². The van der Waals surface area contributed by atoms with Gasteiger partial charge >= 0.3 is 6.03 Å². The van der Waals surface area contributed by atoms with Crippen molar-refractivity contribution in [1.29, 1.82) is 0 Å². The van der Waals surface area contributed by atoms with Crippen molar-refractivity contribution in [2.24, 2.45) is 0 Å². The molecule has 2 aromatic heterocycles. The van der Waals surface area contributed by atoms with Crippen LogP contribution in [0.5, 0.6) is 0 Å². The van der Waals surface area contributed by atoms with Crippen LogP contribution in [0.4, 0.5) is 16.4 Å². The number of anilines is 2. The molecule has 2 saturated heterocycles. The lowest BCUT2D eigenvalue weighted by atomic mass is 10.2. The molecule has 0 aliphatic carbocycles. The third-order valence-corrected chi connectivity index (χ3v) is 4.14. The molecule has 0 aromatic carbocycles. The molecule has 0 bridgehead atoms. The molecule has 4 heterocycles. The molecule has 8 nitrogen and oxygen atoms in total.